The Hall–Kier alpha value is -8.59. The van der Waals surface area contributed by atoms with Crippen molar-refractivity contribution in [2.75, 3.05) is 45.9 Å². The summed E-state index contributed by atoms with van der Waals surface area (Å²) in [4.78, 5) is 87.9. The third-order valence-electron chi connectivity index (χ3n) is 11.9. The lowest BCUT2D eigenvalue weighted by Crippen LogP contribution is -2.47. The van der Waals surface area contributed by atoms with Crippen LogP contribution in [0.4, 0.5) is 4.79 Å². The van der Waals surface area contributed by atoms with Crippen molar-refractivity contribution in [1.82, 2.24) is 40.4 Å². The number of amides is 4. The summed E-state index contributed by atoms with van der Waals surface area (Å²) < 4.78 is 11.3. The Morgan fingerprint density at radius 1 is 0.569 bits per heavy atom. The zero-order valence-corrected chi connectivity index (χ0v) is 40.5. The van der Waals surface area contributed by atoms with Crippen molar-refractivity contribution in [3.05, 3.63) is 181 Å². The first-order valence-corrected chi connectivity index (χ1v) is 23.8. The minimum atomic E-state index is -0.790. The first-order chi connectivity index (χ1) is 34.9. The van der Waals surface area contributed by atoms with Crippen molar-refractivity contribution in [2.24, 2.45) is 0 Å². The van der Waals surface area contributed by atoms with E-state index in [4.69, 9.17) is 14.5 Å². The molecule has 72 heavy (non-hydrogen) atoms. The summed E-state index contributed by atoms with van der Waals surface area (Å²) in [7, 11) is 0. The first-order valence-electron chi connectivity index (χ1n) is 23.8. The third kappa shape index (κ3) is 13.4. The molecule has 4 aromatic heterocycles. The Bertz CT molecular complexity index is 2900. The number of carbonyl (C=O) groups is 5. The summed E-state index contributed by atoms with van der Waals surface area (Å²) >= 11 is 0. The molecule has 1 aliphatic rings. The smallest absolute Gasteiger partial charge is 0.407 e. The highest BCUT2D eigenvalue weighted by Gasteiger charge is 2.29. The Kier molecular flexibility index (Phi) is 16.2. The van der Waals surface area contributed by atoms with Gasteiger partial charge < -0.3 is 29.9 Å². The number of rotatable bonds is 19. The first kappa shape index (κ1) is 49.8. The number of carbonyl (C=O) groups excluding carboxylic acids is 5. The van der Waals surface area contributed by atoms with Crippen LogP contribution in [0.15, 0.2) is 158 Å². The Labute approximate surface area is 418 Å². The maximum Gasteiger partial charge on any atom is 0.407 e. The summed E-state index contributed by atoms with van der Waals surface area (Å²) in [6.07, 6.45) is 5.93. The van der Waals surface area contributed by atoms with Crippen LogP contribution in [0.5, 0.6) is 0 Å². The number of esters is 1. The average molecular weight is 965 g/mol. The van der Waals surface area contributed by atoms with E-state index in [1.807, 2.05) is 109 Å². The van der Waals surface area contributed by atoms with Gasteiger partial charge >= 0.3 is 12.1 Å². The van der Waals surface area contributed by atoms with Crippen LogP contribution in [0.3, 0.4) is 0 Å². The zero-order valence-electron chi connectivity index (χ0n) is 40.5. The number of ether oxygens (including phenoxy) is 2. The van der Waals surface area contributed by atoms with Crippen molar-refractivity contribution in [1.29, 1.82) is 0 Å². The highest BCUT2D eigenvalue weighted by molar-refractivity contribution is 5.87. The highest BCUT2D eigenvalue weighted by Crippen LogP contribution is 2.44. The van der Waals surface area contributed by atoms with Gasteiger partial charge in [0.25, 0.3) is 0 Å². The van der Waals surface area contributed by atoms with Gasteiger partial charge in [-0.2, -0.15) is 0 Å². The molecule has 0 fully saturated rings. The normalized spacial score (nSPS) is 11.7. The summed E-state index contributed by atoms with van der Waals surface area (Å²) in [6, 6.07) is 42.4. The van der Waals surface area contributed by atoms with Gasteiger partial charge in [-0.1, -0.05) is 84.9 Å². The molecule has 15 heteroatoms. The van der Waals surface area contributed by atoms with Gasteiger partial charge in [-0.15, -0.1) is 0 Å². The number of pyridine rings is 4. The van der Waals surface area contributed by atoms with Crippen LogP contribution in [0, 0.1) is 0 Å². The molecule has 1 aliphatic carbocycles. The molecular formula is C57H56N8O7. The number of alkyl carbamates (subject to hydrolysis) is 1. The van der Waals surface area contributed by atoms with Crippen LogP contribution in [0.25, 0.3) is 45.0 Å². The van der Waals surface area contributed by atoms with E-state index in [0.29, 0.717) is 33.9 Å². The third-order valence-corrected chi connectivity index (χ3v) is 11.9. The molecule has 366 valence electrons. The fraction of sp³-hybridized carbons (Fsp3) is 0.246. The second-order valence-corrected chi connectivity index (χ2v) is 18.3. The van der Waals surface area contributed by atoms with E-state index in [-0.39, 0.29) is 76.4 Å². The number of nitrogens with one attached hydrogen (secondary N) is 2. The minimum Gasteiger partial charge on any atom is -0.459 e. The van der Waals surface area contributed by atoms with E-state index in [1.54, 1.807) is 57.7 Å². The molecule has 0 atom stereocenters. The van der Waals surface area contributed by atoms with Gasteiger partial charge in [0.2, 0.25) is 17.7 Å². The predicted molar refractivity (Wildman–Crippen MR) is 273 cm³/mol. The second kappa shape index (κ2) is 23.3. The van der Waals surface area contributed by atoms with E-state index in [1.165, 1.54) is 9.80 Å². The van der Waals surface area contributed by atoms with Gasteiger partial charge in [0.1, 0.15) is 18.8 Å². The van der Waals surface area contributed by atoms with Gasteiger partial charge in [-0.25, -0.2) is 9.78 Å². The minimum absolute atomic E-state index is 0.000851. The second-order valence-electron chi connectivity index (χ2n) is 18.3. The largest absolute Gasteiger partial charge is 0.459 e. The van der Waals surface area contributed by atoms with E-state index >= 15 is 0 Å². The van der Waals surface area contributed by atoms with Gasteiger partial charge in [0, 0.05) is 56.9 Å². The van der Waals surface area contributed by atoms with E-state index in [9.17, 15) is 24.0 Å². The monoisotopic (exact) mass is 964 g/mol. The molecule has 0 spiro atoms. The standard InChI is InChI=1S/C57H56N8O7/c1-57(2,3)72-55(69)37-65(54(68)32-39-18-20-41(21-19-39)42-34-50(48-16-8-10-24-59-48)63-51(35-42)49-17-9-11-25-60-49)30-28-61-52(66)36-64(53(67)33-40-22-26-58-27-23-40)31-29-62-56(70)71-38-47-45-14-6-4-12-43(45)44-13-5-7-15-46(44)47/h4-27,34-35,47H,28-33,36-38H2,1-3H3,(H,61,66)(H,62,70). The molecule has 0 radical (unpaired) electrons. The van der Waals surface area contributed by atoms with Crippen molar-refractivity contribution in [3.63, 3.8) is 0 Å². The molecule has 0 saturated carbocycles. The van der Waals surface area contributed by atoms with Gasteiger partial charge in [-0.05, 0) is 114 Å². The number of hydrogen-bond donors (Lipinski definition) is 2. The van der Waals surface area contributed by atoms with Crippen LogP contribution in [-0.4, -0.2) is 111 Å². The van der Waals surface area contributed by atoms with E-state index < -0.39 is 23.6 Å². The molecule has 4 amide bonds. The van der Waals surface area contributed by atoms with Crippen LogP contribution in [-0.2, 0) is 41.5 Å². The van der Waals surface area contributed by atoms with Gasteiger partial charge in [0.15, 0.2) is 0 Å². The lowest BCUT2D eigenvalue weighted by atomic mass is 9.98. The van der Waals surface area contributed by atoms with Crippen LogP contribution in [0.2, 0.25) is 0 Å². The van der Waals surface area contributed by atoms with Crippen molar-refractivity contribution < 1.29 is 33.4 Å². The Morgan fingerprint density at radius 2 is 1.10 bits per heavy atom. The fourth-order valence-corrected chi connectivity index (χ4v) is 8.49. The molecule has 15 nitrogen and oxygen atoms in total. The van der Waals surface area contributed by atoms with Gasteiger partial charge in [-0.3, -0.25) is 34.1 Å². The van der Waals surface area contributed by atoms with Crippen molar-refractivity contribution >= 4 is 29.8 Å². The van der Waals surface area contributed by atoms with Crippen molar-refractivity contribution in [3.8, 4) is 45.0 Å². The lowest BCUT2D eigenvalue weighted by Gasteiger charge is -2.26. The van der Waals surface area contributed by atoms with Gasteiger partial charge in [0.05, 0.1) is 42.2 Å². The predicted octanol–water partition coefficient (Wildman–Crippen LogP) is 7.71. The summed E-state index contributed by atoms with van der Waals surface area (Å²) in [5.74, 6) is -1.90. The lowest BCUT2D eigenvalue weighted by molar-refractivity contribution is -0.158. The molecule has 7 aromatic rings. The number of fused-ring (bicyclic) bond motifs is 3. The number of nitrogens with zero attached hydrogens (tertiary/aromatic N) is 6. The molecule has 3 aromatic carbocycles. The molecule has 0 aliphatic heterocycles. The maximum atomic E-state index is 14.0. The zero-order chi connectivity index (χ0) is 50.5. The quantitative estimate of drug-likeness (QED) is 0.0757. The SMILES string of the molecule is CC(C)(C)OC(=O)CN(CCNC(=O)CN(CCNC(=O)OCC1c2ccccc2-c2ccccc21)C(=O)Cc1ccncc1)C(=O)Cc1ccc(-c2cc(-c3ccccn3)nc(-c3ccccn3)c2)cc1. The highest BCUT2D eigenvalue weighted by atomic mass is 16.6. The molecule has 4 heterocycles. The van der Waals surface area contributed by atoms with Crippen LogP contribution < -0.4 is 10.6 Å². The fourth-order valence-electron chi connectivity index (χ4n) is 8.49. The average Bonchev–Trinajstić information content (AvgIpc) is 3.71. The number of hydrogen-bond acceptors (Lipinski definition) is 11. The summed E-state index contributed by atoms with van der Waals surface area (Å²) in [6.45, 7) is 4.70. The van der Waals surface area contributed by atoms with Crippen molar-refractivity contribution in [2.45, 2.75) is 45.1 Å². The van der Waals surface area contributed by atoms with E-state index in [2.05, 4.69) is 37.7 Å². The van der Waals surface area contributed by atoms with Crippen LogP contribution >= 0.6 is 0 Å². The molecule has 0 saturated heterocycles. The van der Waals surface area contributed by atoms with E-state index in [0.717, 1.165) is 33.4 Å². The maximum absolute atomic E-state index is 14.0. The molecule has 2 N–H and O–H groups in total. The van der Waals surface area contributed by atoms with Crippen LogP contribution in [0.1, 0.15) is 48.9 Å². The topological polar surface area (TPSA) is 186 Å². The summed E-state index contributed by atoms with van der Waals surface area (Å²) in [5.41, 5.74) is 9.60. The number of aromatic nitrogens is 4. The molecule has 8 rings (SSSR count). The summed E-state index contributed by atoms with van der Waals surface area (Å²) in [5, 5.41) is 5.55. The Morgan fingerprint density at radius 3 is 1.65 bits per heavy atom. The molecule has 0 bridgehead atoms. The number of benzene rings is 3. The molecule has 0 unspecified atom stereocenters. The molecular weight excluding hydrogens is 909 g/mol. The Balaban J connectivity index is 0.890.